The van der Waals surface area contributed by atoms with Crippen LogP contribution in [-0.2, 0) is 26.6 Å². The van der Waals surface area contributed by atoms with Crippen LogP contribution in [0.1, 0.15) is 30.9 Å². The standard InChI is InChI=1S/C30H25F3N4O6S/c1-30(11-13-42-26-16(6-9-22(38)39)4-3-5-20(26)30)37-15-35-29(36-37)19-14-17(7-8-21(19)31)43-27-24(33)23(32)25-18(10-12-34-25)28(27)44(2,40)41/h3-5,7-8,10,12,14-15,34H,6,9,11,13H2,1-2H3,(H,38,39)/t30-/m1/s1. The van der Waals surface area contributed by atoms with Crippen molar-refractivity contribution in [1.82, 2.24) is 19.7 Å². The van der Waals surface area contributed by atoms with Gasteiger partial charge in [-0.1, -0.05) is 18.2 Å². The predicted molar refractivity (Wildman–Crippen MR) is 152 cm³/mol. The molecule has 0 fully saturated rings. The van der Waals surface area contributed by atoms with E-state index < -0.39 is 49.4 Å². The quantitative estimate of drug-likeness (QED) is 0.213. The van der Waals surface area contributed by atoms with Crippen molar-refractivity contribution in [2.45, 2.75) is 36.6 Å². The third-order valence-electron chi connectivity index (χ3n) is 7.70. The molecular formula is C30H25F3N4O6S. The molecule has 5 aromatic rings. The first-order chi connectivity index (χ1) is 20.9. The Balaban J connectivity index is 1.38. The summed E-state index contributed by atoms with van der Waals surface area (Å²) in [7, 11) is -4.10. The fourth-order valence-corrected chi connectivity index (χ4v) is 6.49. The van der Waals surface area contributed by atoms with E-state index in [1.807, 2.05) is 13.0 Å². The van der Waals surface area contributed by atoms with Gasteiger partial charge in [0, 0.05) is 36.2 Å². The van der Waals surface area contributed by atoms with Gasteiger partial charge in [0.15, 0.2) is 27.2 Å². The van der Waals surface area contributed by atoms with Crippen molar-refractivity contribution in [3.05, 3.63) is 83.6 Å². The minimum Gasteiger partial charge on any atom is -0.493 e. The Morgan fingerprint density at radius 1 is 1.18 bits per heavy atom. The molecule has 10 nitrogen and oxygen atoms in total. The lowest BCUT2D eigenvalue weighted by Gasteiger charge is -2.36. The molecule has 0 aliphatic carbocycles. The van der Waals surface area contributed by atoms with E-state index in [9.17, 15) is 17.6 Å². The minimum atomic E-state index is -4.10. The van der Waals surface area contributed by atoms with Crippen molar-refractivity contribution in [2.75, 3.05) is 12.9 Å². The van der Waals surface area contributed by atoms with Crippen molar-refractivity contribution in [3.8, 4) is 28.6 Å². The van der Waals surface area contributed by atoms with Crippen molar-refractivity contribution >= 4 is 26.7 Å². The van der Waals surface area contributed by atoms with E-state index in [1.165, 1.54) is 24.7 Å². The van der Waals surface area contributed by atoms with Gasteiger partial charge in [0.1, 0.15) is 28.5 Å². The second-order valence-corrected chi connectivity index (χ2v) is 12.6. The van der Waals surface area contributed by atoms with Crippen LogP contribution < -0.4 is 9.47 Å². The highest BCUT2D eigenvalue weighted by Gasteiger charge is 2.37. The number of para-hydroxylation sites is 1. The third-order valence-corrected chi connectivity index (χ3v) is 8.84. The maximum absolute atomic E-state index is 15.2. The van der Waals surface area contributed by atoms with Gasteiger partial charge in [-0.3, -0.25) is 4.79 Å². The fourth-order valence-electron chi connectivity index (χ4n) is 5.45. The molecule has 1 atom stereocenters. The maximum Gasteiger partial charge on any atom is 0.303 e. The highest BCUT2D eigenvalue weighted by Crippen LogP contribution is 2.43. The summed E-state index contributed by atoms with van der Waals surface area (Å²) in [6, 6.07) is 10.1. The topological polar surface area (TPSA) is 136 Å². The molecule has 0 amide bonds. The highest BCUT2D eigenvalue weighted by atomic mass is 32.2. The van der Waals surface area contributed by atoms with Gasteiger partial charge < -0.3 is 19.6 Å². The first kappa shape index (κ1) is 29.2. The van der Waals surface area contributed by atoms with E-state index in [4.69, 9.17) is 14.6 Å². The number of benzene rings is 3. The van der Waals surface area contributed by atoms with Gasteiger partial charge in [-0.15, -0.1) is 5.10 Å². The molecule has 3 heterocycles. The molecule has 228 valence electrons. The van der Waals surface area contributed by atoms with Gasteiger partial charge in [-0.2, -0.15) is 4.39 Å². The summed E-state index contributed by atoms with van der Waals surface area (Å²) in [5, 5.41) is 13.6. The number of halogens is 3. The zero-order chi connectivity index (χ0) is 31.4. The van der Waals surface area contributed by atoms with Crippen LogP contribution in [0.3, 0.4) is 0 Å². The van der Waals surface area contributed by atoms with Gasteiger partial charge in [0.05, 0.1) is 23.2 Å². The Kier molecular flexibility index (Phi) is 7.11. The average molecular weight is 627 g/mol. The summed E-state index contributed by atoms with van der Waals surface area (Å²) < 4.78 is 83.4. The normalized spacial score (nSPS) is 16.5. The monoisotopic (exact) mass is 626 g/mol. The van der Waals surface area contributed by atoms with Crippen LogP contribution in [0.4, 0.5) is 13.2 Å². The van der Waals surface area contributed by atoms with E-state index in [2.05, 4.69) is 15.1 Å². The minimum absolute atomic E-state index is 0.0414. The lowest BCUT2D eigenvalue weighted by Crippen LogP contribution is -2.37. The zero-order valence-corrected chi connectivity index (χ0v) is 24.2. The number of aryl methyl sites for hydroxylation is 1. The van der Waals surface area contributed by atoms with E-state index >= 15 is 8.78 Å². The Bertz CT molecular complexity index is 2060. The number of carbonyl (C=O) groups is 1. The van der Waals surface area contributed by atoms with Crippen molar-refractivity contribution in [2.24, 2.45) is 0 Å². The average Bonchev–Trinajstić information content (AvgIpc) is 3.66. The van der Waals surface area contributed by atoms with Crippen LogP contribution in [0.25, 0.3) is 22.3 Å². The van der Waals surface area contributed by atoms with Gasteiger partial charge in [-0.25, -0.2) is 26.9 Å². The number of fused-ring (bicyclic) bond motifs is 2. The summed E-state index contributed by atoms with van der Waals surface area (Å²) in [6.07, 6.45) is 4.24. The number of nitrogens with zero attached hydrogens (tertiary/aromatic N) is 3. The molecule has 1 aliphatic rings. The molecule has 0 bridgehead atoms. The largest absolute Gasteiger partial charge is 0.493 e. The number of nitrogens with one attached hydrogen (secondary N) is 1. The molecule has 3 aromatic carbocycles. The number of hydrogen-bond donors (Lipinski definition) is 2. The molecule has 14 heteroatoms. The van der Waals surface area contributed by atoms with Crippen LogP contribution in [0.2, 0.25) is 0 Å². The maximum atomic E-state index is 15.2. The lowest BCUT2D eigenvalue weighted by atomic mass is 9.84. The number of carboxylic acid groups (broad SMARTS) is 1. The van der Waals surface area contributed by atoms with E-state index in [0.29, 0.717) is 18.8 Å². The molecule has 0 spiro atoms. The summed E-state index contributed by atoms with van der Waals surface area (Å²) in [6.45, 7) is 2.22. The summed E-state index contributed by atoms with van der Waals surface area (Å²) in [5.74, 6) is -5.04. The number of aliphatic carboxylic acids is 1. The molecule has 0 unspecified atom stereocenters. The molecule has 6 rings (SSSR count). The van der Waals surface area contributed by atoms with Crippen molar-refractivity contribution in [3.63, 3.8) is 0 Å². The van der Waals surface area contributed by atoms with Gasteiger partial charge in [-0.05, 0) is 43.2 Å². The predicted octanol–water partition coefficient (Wildman–Crippen LogP) is 5.60. The van der Waals surface area contributed by atoms with Crippen molar-refractivity contribution in [1.29, 1.82) is 0 Å². The first-order valence-corrected chi connectivity index (χ1v) is 15.3. The number of H-pyrrole nitrogens is 1. The number of aromatic nitrogens is 4. The fraction of sp³-hybridized carbons (Fsp3) is 0.233. The summed E-state index contributed by atoms with van der Waals surface area (Å²) in [4.78, 5) is 17.4. The molecule has 2 N–H and O–H groups in total. The van der Waals surface area contributed by atoms with Crippen LogP contribution in [0, 0.1) is 17.5 Å². The number of rotatable bonds is 8. The smallest absolute Gasteiger partial charge is 0.303 e. The second kappa shape index (κ2) is 10.7. The van der Waals surface area contributed by atoms with Gasteiger partial charge in [0.2, 0.25) is 5.82 Å². The molecule has 44 heavy (non-hydrogen) atoms. The third kappa shape index (κ3) is 4.94. The Morgan fingerprint density at radius 2 is 1.98 bits per heavy atom. The summed E-state index contributed by atoms with van der Waals surface area (Å²) >= 11 is 0. The van der Waals surface area contributed by atoms with E-state index in [0.717, 1.165) is 29.5 Å². The van der Waals surface area contributed by atoms with Crippen LogP contribution in [-0.4, -0.2) is 52.1 Å². The Morgan fingerprint density at radius 3 is 2.73 bits per heavy atom. The zero-order valence-electron chi connectivity index (χ0n) is 23.4. The summed E-state index contributed by atoms with van der Waals surface area (Å²) in [5.41, 5.74) is 0.257. The van der Waals surface area contributed by atoms with Crippen molar-refractivity contribution < 1.29 is 41.0 Å². The molecule has 1 aliphatic heterocycles. The number of carboxylic acids is 1. The van der Waals surface area contributed by atoms with E-state index in [-0.39, 0.29) is 40.9 Å². The Labute approximate surface area is 249 Å². The molecular weight excluding hydrogens is 601 g/mol. The highest BCUT2D eigenvalue weighted by molar-refractivity contribution is 7.91. The first-order valence-electron chi connectivity index (χ1n) is 13.4. The number of hydrogen-bond acceptors (Lipinski definition) is 7. The number of aromatic amines is 1. The number of ether oxygens (including phenoxy) is 2. The SMILES string of the molecule is C[C@@]1(n2cnc(-c3cc(Oc4c(F)c(F)c5[nH]ccc5c4S(C)(=O)=O)ccc3F)n2)CCOc2c(CCC(=O)O)cccc21. The molecule has 0 radical (unpaired) electrons. The van der Waals surface area contributed by atoms with Crippen LogP contribution >= 0.6 is 0 Å². The second-order valence-electron chi connectivity index (χ2n) is 10.6. The molecule has 0 saturated carbocycles. The van der Waals surface area contributed by atoms with Gasteiger partial charge in [0.25, 0.3) is 0 Å². The molecule has 0 saturated heterocycles. The van der Waals surface area contributed by atoms with Crippen LogP contribution in [0.15, 0.2) is 59.9 Å². The number of sulfone groups is 1. The van der Waals surface area contributed by atoms with Gasteiger partial charge >= 0.3 is 5.97 Å². The van der Waals surface area contributed by atoms with E-state index in [1.54, 1.807) is 16.8 Å². The lowest BCUT2D eigenvalue weighted by molar-refractivity contribution is -0.136. The van der Waals surface area contributed by atoms with Crippen LogP contribution in [0.5, 0.6) is 17.2 Å². The Hall–Kier alpha value is -4.85. The molecule has 2 aromatic heterocycles.